The first-order valence-electron chi connectivity index (χ1n) is 9.83. The zero-order valence-electron chi connectivity index (χ0n) is 17.0. The van der Waals surface area contributed by atoms with E-state index in [0.29, 0.717) is 22.0 Å². The van der Waals surface area contributed by atoms with Crippen LogP contribution in [0.2, 0.25) is 0 Å². The van der Waals surface area contributed by atoms with Crippen molar-refractivity contribution in [2.45, 2.75) is 51.7 Å². The van der Waals surface area contributed by atoms with Crippen molar-refractivity contribution in [1.29, 1.82) is 0 Å². The van der Waals surface area contributed by atoms with Gasteiger partial charge >= 0.3 is 6.09 Å². The van der Waals surface area contributed by atoms with Crippen LogP contribution in [0.25, 0.3) is 10.9 Å². The van der Waals surface area contributed by atoms with E-state index in [1.54, 1.807) is 0 Å². The first-order chi connectivity index (χ1) is 13.6. The number of aromatic nitrogens is 1. The lowest BCUT2D eigenvalue weighted by Gasteiger charge is -2.32. The van der Waals surface area contributed by atoms with Gasteiger partial charge in [0.15, 0.2) is 0 Å². The summed E-state index contributed by atoms with van der Waals surface area (Å²) in [6.07, 6.45) is 1.70. The first kappa shape index (κ1) is 21.8. The number of ether oxygens (including phenoxy) is 1. The Balaban J connectivity index is 1.54. The quantitative estimate of drug-likeness (QED) is 0.713. The predicted molar refractivity (Wildman–Crippen MR) is 115 cm³/mol. The third kappa shape index (κ3) is 6.02. The van der Waals surface area contributed by atoms with Crippen molar-refractivity contribution in [3.05, 3.63) is 44.4 Å². The number of hydrogen-bond acceptors (Lipinski definition) is 4. The topological polar surface area (TPSA) is 74.4 Å². The highest BCUT2D eigenvalue weighted by molar-refractivity contribution is 9.10. The van der Waals surface area contributed by atoms with Gasteiger partial charge in [0, 0.05) is 40.6 Å². The number of halogens is 2. The number of amides is 1. The van der Waals surface area contributed by atoms with Gasteiger partial charge in [0.1, 0.15) is 11.9 Å². The van der Waals surface area contributed by atoms with Crippen LogP contribution in [0.4, 0.5) is 9.18 Å². The van der Waals surface area contributed by atoms with E-state index in [1.165, 1.54) is 12.1 Å². The molecule has 1 amide bonds. The molecular weight excluding hydrogens is 441 g/mol. The number of H-pyrrole nitrogens is 1. The van der Waals surface area contributed by atoms with Crippen molar-refractivity contribution >= 4 is 32.9 Å². The summed E-state index contributed by atoms with van der Waals surface area (Å²) >= 11 is 3.36. The van der Waals surface area contributed by atoms with E-state index in [9.17, 15) is 14.0 Å². The molecule has 0 bridgehead atoms. The van der Waals surface area contributed by atoms with Gasteiger partial charge in [-0.3, -0.25) is 4.79 Å². The average Bonchev–Trinajstić information content (AvgIpc) is 2.59. The molecule has 1 aliphatic rings. The Labute approximate surface area is 177 Å². The second-order valence-corrected chi connectivity index (χ2v) is 9.40. The number of benzene rings is 1. The van der Waals surface area contributed by atoms with Crippen molar-refractivity contribution in [1.82, 2.24) is 15.2 Å². The summed E-state index contributed by atoms with van der Waals surface area (Å²) in [4.78, 5) is 29.3. The van der Waals surface area contributed by atoms with E-state index in [0.717, 1.165) is 37.9 Å². The smallest absolute Gasteiger partial charge is 0.407 e. The van der Waals surface area contributed by atoms with E-state index < -0.39 is 5.82 Å². The van der Waals surface area contributed by atoms with Crippen LogP contribution < -0.4 is 10.9 Å². The zero-order chi connectivity index (χ0) is 21.2. The fourth-order valence-corrected chi connectivity index (χ4v) is 4.03. The number of carbonyl (C=O) groups is 1. The number of alkyl carbamates (subject to hydrolysis) is 1. The maximum Gasteiger partial charge on any atom is 0.407 e. The van der Waals surface area contributed by atoms with Gasteiger partial charge in [-0.15, -0.1) is 0 Å². The Morgan fingerprint density at radius 1 is 1.31 bits per heavy atom. The molecule has 2 aromatic rings. The predicted octanol–water partition coefficient (Wildman–Crippen LogP) is 3.96. The van der Waals surface area contributed by atoms with E-state index in [4.69, 9.17) is 4.74 Å². The molecule has 1 aromatic carbocycles. The molecule has 29 heavy (non-hydrogen) atoms. The van der Waals surface area contributed by atoms with Gasteiger partial charge in [-0.05, 0) is 74.2 Å². The Morgan fingerprint density at radius 2 is 2.00 bits per heavy atom. The minimum absolute atomic E-state index is 0.0801. The number of carbonyl (C=O) groups excluding carboxylic acids is 1. The summed E-state index contributed by atoms with van der Waals surface area (Å²) in [7, 11) is 0. The Bertz CT molecular complexity index is 947. The summed E-state index contributed by atoms with van der Waals surface area (Å²) in [6.45, 7) is 8.12. The largest absolute Gasteiger partial charge is 0.446 e. The fourth-order valence-electron chi connectivity index (χ4n) is 3.48. The Hall–Kier alpha value is -1.93. The average molecular weight is 468 g/mol. The highest BCUT2D eigenvalue weighted by atomic mass is 79.9. The molecule has 2 N–H and O–H groups in total. The third-order valence-corrected chi connectivity index (χ3v) is 5.59. The summed E-state index contributed by atoms with van der Waals surface area (Å²) in [6, 6.07) is 4.54. The van der Waals surface area contributed by atoms with Crippen LogP contribution in [0.15, 0.2) is 27.5 Å². The molecule has 0 atom stereocenters. The minimum atomic E-state index is -0.394. The van der Waals surface area contributed by atoms with Gasteiger partial charge < -0.3 is 19.9 Å². The highest BCUT2D eigenvalue weighted by Gasteiger charge is 2.24. The number of piperidine rings is 1. The summed E-state index contributed by atoms with van der Waals surface area (Å²) in [5.74, 6) is -0.394. The molecule has 1 saturated heterocycles. The fraction of sp³-hybridized carbons (Fsp3) is 0.524. The van der Waals surface area contributed by atoms with Crippen molar-refractivity contribution in [3.8, 4) is 0 Å². The number of likely N-dealkylation sites (tertiary alicyclic amines) is 1. The van der Waals surface area contributed by atoms with Crippen LogP contribution in [-0.4, -0.2) is 47.3 Å². The molecular formula is C21H27BrFN3O3. The van der Waals surface area contributed by atoms with Gasteiger partial charge in [0.2, 0.25) is 0 Å². The summed E-state index contributed by atoms with van der Waals surface area (Å²) in [5, 5.41) is 3.60. The number of fused-ring (bicyclic) bond motifs is 1. The number of pyridine rings is 1. The van der Waals surface area contributed by atoms with Gasteiger partial charge in [0.25, 0.3) is 5.56 Å². The number of hydrogen-bond donors (Lipinski definition) is 2. The second kappa shape index (κ2) is 8.83. The van der Waals surface area contributed by atoms with Crippen LogP contribution in [0.1, 0.15) is 39.2 Å². The third-order valence-electron chi connectivity index (χ3n) is 4.94. The van der Waals surface area contributed by atoms with Gasteiger partial charge in [0.05, 0.1) is 5.52 Å². The van der Waals surface area contributed by atoms with Crippen molar-refractivity contribution in [3.63, 3.8) is 0 Å². The Morgan fingerprint density at radius 3 is 2.66 bits per heavy atom. The number of aromatic amines is 1. The van der Waals surface area contributed by atoms with Crippen LogP contribution in [0.3, 0.4) is 0 Å². The van der Waals surface area contributed by atoms with Crippen LogP contribution in [0.5, 0.6) is 0 Å². The molecule has 0 aliphatic carbocycles. The standard InChI is InChI=1S/C21H27BrFN3O3/c1-21(2,3)25-20(28)29-15-5-8-26(9-6-15)7-4-13-10-16-17(22)11-14(23)12-18(16)24-19(13)27/h10-12,15H,4-9H2,1-3H3,(H,24,27)(H,25,28). The van der Waals surface area contributed by atoms with Crippen molar-refractivity contribution in [2.24, 2.45) is 0 Å². The molecule has 0 spiro atoms. The van der Waals surface area contributed by atoms with Crippen LogP contribution in [0, 0.1) is 5.82 Å². The molecule has 0 unspecified atom stereocenters. The van der Waals surface area contributed by atoms with Crippen molar-refractivity contribution in [2.75, 3.05) is 19.6 Å². The molecule has 8 heteroatoms. The molecule has 3 rings (SSSR count). The normalized spacial score (nSPS) is 16.2. The van der Waals surface area contributed by atoms with E-state index in [1.807, 2.05) is 26.8 Å². The molecule has 0 radical (unpaired) electrons. The molecule has 158 valence electrons. The molecule has 1 aliphatic heterocycles. The van der Waals surface area contributed by atoms with E-state index >= 15 is 0 Å². The first-order valence-corrected chi connectivity index (χ1v) is 10.6. The van der Waals surface area contributed by atoms with Gasteiger partial charge in [-0.2, -0.15) is 0 Å². The summed E-state index contributed by atoms with van der Waals surface area (Å²) < 4.78 is 19.6. The molecule has 6 nitrogen and oxygen atoms in total. The van der Waals surface area contributed by atoms with Gasteiger partial charge in [-0.1, -0.05) is 0 Å². The van der Waals surface area contributed by atoms with Crippen molar-refractivity contribution < 1.29 is 13.9 Å². The minimum Gasteiger partial charge on any atom is -0.446 e. The second-order valence-electron chi connectivity index (χ2n) is 8.54. The monoisotopic (exact) mass is 467 g/mol. The zero-order valence-corrected chi connectivity index (χ0v) is 18.6. The van der Waals surface area contributed by atoms with Gasteiger partial charge in [-0.25, -0.2) is 9.18 Å². The lowest BCUT2D eigenvalue weighted by molar-refractivity contribution is 0.0475. The SMILES string of the molecule is CC(C)(C)NC(=O)OC1CCN(CCc2cc3c(Br)cc(F)cc3[nH]c2=O)CC1. The lowest BCUT2D eigenvalue weighted by atomic mass is 10.1. The molecule has 0 saturated carbocycles. The van der Waals surface area contributed by atoms with E-state index in [-0.39, 0.29) is 23.3 Å². The molecule has 1 aromatic heterocycles. The van der Waals surface area contributed by atoms with E-state index in [2.05, 4.69) is 31.1 Å². The molecule has 2 heterocycles. The number of rotatable bonds is 4. The van der Waals surface area contributed by atoms with Crippen LogP contribution in [-0.2, 0) is 11.2 Å². The lowest BCUT2D eigenvalue weighted by Crippen LogP contribution is -2.44. The number of nitrogens with zero attached hydrogens (tertiary/aromatic N) is 1. The Kier molecular flexibility index (Phi) is 6.63. The maximum absolute atomic E-state index is 13.5. The highest BCUT2D eigenvalue weighted by Crippen LogP contribution is 2.24. The number of nitrogens with one attached hydrogen (secondary N) is 2. The molecule has 1 fully saturated rings. The van der Waals surface area contributed by atoms with Crippen LogP contribution >= 0.6 is 15.9 Å². The maximum atomic E-state index is 13.5. The summed E-state index contributed by atoms with van der Waals surface area (Å²) in [5.41, 5.74) is 0.655.